The molecule has 0 aromatic rings. The number of hydrogen-bond acceptors (Lipinski definition) is 1. The third kappa shape index (κ3) is 1.54. The van der Waals surface area contributed by atoms with Gasteiger partial charge in [0.1, 0.15) is 5.83 Å². The fourth-order valence-corrected chi connectivity index (χ4v) is 2.35. The Hall–Kier alpha value is -1.31. The van der Waals surface area contributed by atoms with Crippen molar-refractivity contribution in [2.75, 3.05) is 7.05 Å². The first-order valence-corrected chi connectivity index (χ1v) is 5.27. The number of halogens is 1. The summed E-state index contributed by atoms with van der Waals surface area (Å²) < 4.78 is 13.1. The van der Waals surface area contributed by atoms with Crippen molar-refractivity contribution < 1.29 is 4.39 Å². The van der Waals surface area contributed by atoms with Crippen LogP contribution in [-0.2, 0) is 0 Å². The van der Waals surface area contributed by atoms with Gasteiger partial charge in [-0.25, -0.2) is 4.39 Å². The minimum atomic E-state index is -0.127. The molecule has 0 fully saturated rings. The van der Waals surface area contributed by atoms with Crippen LogP contribution in [0.2, 0.25) is 0 Å². The summed E-state index contributed by atoms with van der Waals surface area (Å²) >= 11 is 0. The molecule has 2 unspecified atom stereocenters. The molecule has 1 heterocycles. The van der Waals surface area contributed by atoms with Crippen LogP contribution in [-0.4, -0.2) is 18.0 Å². The Bertz CT molecular complexity index is 387. The molecule has 0 amide bonds. The highest BCUT2D eigenvalue weighted by atomic mass is 19.1. The number of fused-ring (bicyclic) bond motifs is 1. The smallest absolute Gasteiger partial charge is 0.121 e. The fourth-order valence-electron chi connectivity index (χ4n) is 2.35. The molecule has 0 N–H and O–H groups in total. The van der Waals surface area contributed by atoms with E-state index in [4.69, 9.17) is 0 Å². The van der Waals surface area contributed by atoms with Crippen molar-refractivity contribution in [3.63, 3.8) is 0 Å². The van der Waals surface area contributed by atoms with Gasteiger partial charge in [-0.15, -0.1) is 0 Å². The van der Waals surface area contributed by atoms with E-state index in [2.05, 4.69) is 17.9 Å². The van der Waals surface area contributed by atoms with Crippen LogP contribution in [0.5, 0.6) is 0 Å². The molecule has 1 aliphatic heterocycles. The average Bonchev–Trinajstić information content (AvgIpc) is 2.44. The lowest BCUT2D eigenvalue weighted by atomic mass is 9.90. The van der Waals surface area contributed by atoms with Crippen LogP contribution in [0.15, 0.2) is 47.5 Å². The van der Waals surface area contributed by atoms with E-state index in [-0.39, 0.29) is 11.9 Å². The summed E-state index contributed by atoms with van der Waals surface area (Å²) in [6.07, 6.45) is 9.39. The highest BCUT2D eigenvalue weighted by Crippen LogP contribution is 2.38. The third-order valence-electron chi connectivity index (χ3n) is 3.26. The normalized spacial score (nSPS) is 30.1. The standard InChI is InChI=1S/C13H16FN/c1-4-5-11-9(2)15(3)13-8-10(14)6-7-12(11)13/h4-8,12-13H,1-3H3/b5-4+. The molecule has 2 rings (SSSR count). The molecule has 80 valence electrons. The summed E-state index contributed by atoms with van der Waals surface area (Å²) in [6, 6.07) is 0.154. The molecular formula is C13H16FN. The van der Waals surface area contributed by atoms with Gasteiger partial charge in [-0.05, 0) is 31.6 Å². The molecule has 2 heteroatoms. The summed E-state index contributed by atoms with van der Waals surface area (Å²) in [4.78, 5) is 2.14. The molecule has 2 aliphatic rings. The van der Waals surface area contributed by atoms with Crippen LogP contribution >= 0.6 is 0 Å². The van der Waals surface area contributed by atoms with Crippen LogP contribution in [0.4, 0.5) is 4.39 Å². The van der Waals surface area contributed by atoms with Crippen molar-refractivity contribution in [2.24, 2.45) is 5.92 Å². The number of allylic oxidation sites excluding steroid dienone is 5. The van der Waals surface area contributed by atoms with Crippen molar-refractivity contribution in [3.8, 4) is 0 Å². The number of nitrogens with zero attached hydrogens (tertiary/aromatic N) is 1. The molecule has 1 nitrogen and oxygen atoms in total. The van der Waals surface area contributed by atoms with Crippen LogP contribution < -0.4 is 0 Å². The van der Waals surface area contributed by atoms with Crippen molar-refractivity contribution in [1.82, 2.24) is 4.90 Å². The zero-order valence-electron chi connectivity index (χ0n) is 9.37. The second-order valence-corrected chi connectivity index (χ2v) is 4.08. The first-order valence-electron chi connectivity index (χ1n) is 5.27. The van der Waals surface area contributed by atoms with E-state index in [1.54, 1.807) is 12.2 Å². The zero-order chi connectivity index (χ0) is 11.0. The predicted molar refractivity (Wildman–Crippen MR) is 60.9 cm³/mol. The SMILES string of the molecule is C/C=C/C1=C(C)N(C)C2C=C(F)C=CC12. The largest absolute Gasteiger partial charge is 0.370 e. The van der Waals surface area contributed by atoms with Crippen molar-refractivity contribution in [3.05, 3.63) is 47.5 Å². The Morgan fingerprint density at radius 2 is 2.20 bits per heavy atom. The van der Waals surface area contributed by atoms with Crippen LogP contribution in [0.3, 0.4) is 0 Å². The lowest BCUT2D eigenvalue weighted by molar-refractivity contribution is 0.350. The minimum absolute atomic E-state index is 0.127. The van der Waals surface area contributed by atoms with E-state index in [9.17, 15) is 4.39 Å². The van der Waals surface area contributed by atoms with E-state index < -0.39 is 0 Å². The summed E-state index contributed by atoms with van der Waals surface area (Å²) in [5.41, 5.74) is 2.53. The van der Waals surface area contributed by atoms with Crippen molar-refractivity contribution >= 4 is 0 Å². The van der Waals surface area contributed by atoms with Gasteiger partial charge in [-0.1, -0.05) is 18.2 Å². The number of rotatable bonds is 1. The maximum absolute atomic E-state index is 13.1. The first-order chi connectivity index (χ1) is 7.15. The van der Waals surface area contributed by atoms with Gasteiger partial charge in [-0.2, -0.15) is 0 Å². The van der Waals surface area contributed by atoms with Crippen LogP contribution in [0.1, 0.15) is 13.8 Å². The minimum Gasteiger partial charge on any atom is -0.370 e. The first kappa shape index (κ1) is 10.2. The maximum atomic E-state index is 13.1. The highest BCUT2D eigenvalue weighted by Gasteiger charge is 2.34. The summed E-state index contributed by atoms with van der Waals surface area (Å²) in [6.45, 7) is 4.10. The van der Waals surface area contributed by atoms with Gasteiger partial charge in [0.05, 0.1) is 6.04 Å². The maximum Gasteiger partial charge on any atom is 0.121 e. The van der Waals surface area contributed by atoms with Gasteiger partial charge in [0.25, 0.3) is 0 Å². The zero-order valence-corrected chi connectivity index (χ0v) is 9.37. The third-order valence-corrected chi connectivity index (χ3v) is 3.26. The monoisotopic (exact) mass is 205 g/mol. The molecule has 0 aromatic heterocycles. The van der Waals surface area contributed by atoms with E-state index in [1.165, 1.54) is 11.3 Å². The Kier molecular flexibility index (Phi) is 2.51. The molecule has 0 radical (unpaired) electrons. The number of likely N-dealkylation sites (N-methyl/N-ethyl adjacent to an activating group) is 1. The van der Waals surface area contributed by atoms with Gasteiger partial charge in [0.2, 0.25) is 0 Å². The lowest BCUT2D eigenvalue weighted by Gasteiger charge is -2.25. The average molecular weight is 205 g/mol. The molecular weight excluding hydrogens is 189 g/mol. The Morgan fingerprint density at radius 1 is 1.47 bits per heavy atom. The lowest BCUT2D eigenvalue weighted by Crippen LogP contribution is -2.29. The molecule has 0 aromatic carbocycles. The van der Waals surface area contributed by atoms with Crippen LogP contribution in [0, 0.1) is 5.92 Å². The predicted octanol–water partition coefficient (Wildman–Crippen LogP) is 3.19. The van der Waals surface area contributed by atoms with Gasteiger partial charge < -0.3 is 4.90 Å². The topological polar surface area (TPSA) is 3.24 Å². The Labute approximate surface area is 90.3 Å². The Morgan fingerprint density at radius 3 is 2.87 bits per heavy atom. The van der Waals surface area contributed by atoms with Crippen LogP contribution in [0.25, 0.3) is 0 Å². The van der Waals surface area contributed by atoms with Gasteiger partial charge in [0, 0.05) is 18.7 Å². The summed E-state index contributed by atoms with van der Waals surface area (Å²) in [7, 11) is 2.02. The molecule has 0 saturated heterocycles. The van der Waals surface area contributed by atoms with E-state index in [1.807, 2.05) is 26.1 Å². The molecule has 15 heavy (non-hydrogen) atoms. The number of hydrogen-bond donors (Lipinski definition) is 0. The quantitative estimate of drug-likeness (QED) is 0.635. The van der Waals surface area contributed by atoms with Gasteiger partial charge in [-0.3, -0.25) is 0 Å². The highest BCUT2D eigenvalue weighted by molar-refractivity contribution is 5.42. The molecule has 0 saturated carbocycles. The van der Waals surface area contributed by atoms with Crippen molar-refractivity contribution in [1.29, 1.82) is 0 Å². The van der Waals surface area contributed by atoms with Gasteiger partial charge >= 0.3 is 0 Å². The van der Waals surface area contributed by atoms with E-state index in [0.29, 0.717) is 5.92 Å². The van der Waals surface area contributed by atoms with E-state index >= 15 is 0 Å². The molecule has 2 atom stereocenters. The molecule has 0 spiro atoms. The summed E-state index contributed by atoms with van der Waals surface area (Å²) in [5.74, 6) is 0.184. The van der Waals surface area contributed by atoms with E-state index in [0.717, 1.165) is 0 Å². The Balaban J connectivity index is 2.39. The second kappa shape index (κ2) is 3.69. The van der Waals surface area contributed by atoms with Gasteiger partial charge in [0.15, 0.2) is 0 Å². The fraction of sp³-hybridized carbons (Fsp3) is 0.385. The van der Waals surface area contributed by atoms with Crippen molar-refractivity contribution in [2.45, 2.75) is 19.9 Å². The molecule has 1 aliphatic carbocycles. The second-order valence-electron chi connectivity index (χ2n) is 4.08. The summed E-state index contributed by atoms with van der Waals surface area (Å²) in [5, 5.41) is 0. The molecule has 0 bridgehead atoms.